The number of pyridine rings is 1. The van der Waals surface area contributed by atoms with Crippen molar-refractivity contribution in [2.45, 2.75) is 37.1 Å². The Morgan fingerprint density at radius 2 is 2.07 bits per heavy atom. The summed E-state index contributed by atoms with van der Waals surface area (Å²) >= 11 is 13.9. The fraction of sp³-hybridized carbons (Fsp3) is 0.400. The fourth-order valence-corrected chi connectivity index (χ4v) is 4.76. The number of ether oxygens (including phenoxy) is 1. The largest absolute Gasteiger partial charge is 0.383 e. The van der Waals surface area contributed by atoms with Gasteiger partial charge in [-0.2, -0.15) is 0 Å². The highest BCUT2D eigenvalue weighted by molar-refractivity contribution is 7.99. The van der Waals surface area contributed by atoms with Gasteiger partial charge in [0.25, 0.3) is 0 Å². The van der Waals surface area contributed by atoms with Gasteiger partial charge in [-0.1, -0.05) is 29.6 Å². The van der Waals surface area contributed by atoms with E-state index in [1.54, 1.807) is 31.1 Å². The predicted molar refractivity (Wildman–Crippen MR) is 119 cm³/mol. The van der Waals surface area contributed by atoms with Gasteiger partial charge in [-0.05, 0) is 49.3 Å². The first kappa shape index (κ1) is 21.2. The zero-order valence-corrected chi connectivity index (χ0v) is 18.3. The van der Waals surface area contributed by atoms with Crippen LogP contribution in [0.25, 0.3) is 11.0 Å². The first-order valence-electron chi connectivity index (χ1n) is 9.15. The number of fused-ring (bicyclic) bond motifs is 1. The van der Waals surface area contributed by atoms with E-state index in [1.807, 2.05) is 25.4 Å². The maximum Gasteiger partial charge on any atom is 0.151 e. The zero-order valence-electron chi connectivity index (χ0n) is 16.0. The van der Waals surface area contributed by atoms with Crippen LogP contribution in [0, 0.1) is 6.92 Å². The van der Waals surface area contributed by atoms with Crippen molar-refractivity contribution in [2.75, 3.05) is 25.2 Å². The molecule has 0 aliphatic carbocycles. The van der Waals surface area contributed by atoms with Crippen LogP contribution < -0.4 is 5.73 Å². The Hall–Kier alpha value is -1.47. The molecule has 28 heavy (non-hydrogen) atoms. The summed E-state index contributed by atoms with van der Waals surface area (Å²) in [5.41, 5.74) is 8.85. The van der Waals surface area contributed by atoms with Gasteiger partial charge in [-0.3, -0.25) is 0 Å². The minimum absolute atomic E-state index is 0.208. The van der Waals surface area contributed by atoms with Crippen molar-refractivity contribution < 1.29 is 4.74 Å². The molecule has 0 aliphatic rings. The molecule has 1 atom stereocenters. The molecule has 3 aromatic rings. The standard InChI is InChI=1S/C20H24Cl2N4OS/c1-13-10-24-20(23)18-19(13)26(12-25-18)15(11-27-2)5-3-4-8-28-17-7-6-14(21)9-16(17)22/h6-7,9-10,12,15H,3-5,8,11H2,1-2H3,(H2,23,24). The smallest absolute Gasteiger partial charge is 0.151 e. The monoisotopic (exact) mass is 438 g/mol. The van der Waals surface area contributed by atoms with Crippen molar-refractivity contribution in [2.24, 2.45) is 0 Å². The van der Waals surface area contributed by atoms with Crippen LogP contribution in [0.3, 0.4) is 0 Å². The van der Waals surface area contributed by atoms with Crippen LogP contribution in [0.15, 0.2) is 35.6 Å². The van der Waals surface area contributed by atoms with E-state index in [1.165, 1.54) is 0 Å². The second-order valence-corrected chi connectivity index (χ2v) is 8.68. The average molecular weight is 439 g/mol. The summed E-state index contributed by atoms with van der Waals surface area (Å²) in [6.45, 7) is 2.66. The van der Waals surface area contributed by atoms with Crippen molar-refractivity contribution in [3.05, 3.63) is 46.3 Å². The lowest BCUT2D eigenvalue weighted by Crippen LogP contribution is -2.14. The van der Waals surface area contributed by atoms with Gasteiger partial charge in [0.15, 0.2) is 5.82 Å². The summed E-state index contributed by atoms with van der Waals surface area (Å²) in [5, 5.41) is 1.37. The molecular formula is C20H24Cl2N4OS. The van der Waals surface area contributed by atoms with Crippen LogP contribution in [0.4, 0.5) is 5.82 Å². The number of nitrogen functional groups attached to an aromatic ring is 1. The summed E-state index contributed by atoms with van der Waals surface area (Å²) < 4.78 is 7.65. The third kappa shape index (κ3) is 4.92. The van der Waals surface area contributed by atoms with Crippen LogP contribution in [0.2, 0.25) is 10.0 Å². The molecule has 8 heteroatoms. The topological polar surface area (TPSA) is 66.0 Å². The quantitative estimate of drug-likeness (QED) is 0.338. The van der Waals surface area contributed by atoms with Crippen LogP contribution in [-0.2, 0) is 4.74 Å². The third-order valence-corrected chi connectivity index (χ3v) is 6.46. The molecule has 0 radical (unpaired) electrons. The van der Waals surface area contributed by atoms with Gasteiger partial charge in [-0.25, -0.2) is 9.97 Å². The van der Waals surface area contributed by atoms with E-state index in [0.717, 1.165) is 46.5 Å². The first-order chi connectivity index (χ1) is 13.5. The Labute approximate surface area is 179 Å². The number of aromatic nitrogens is 3. The number of hydrogen-bond donors (Lipinski definition) is 1. The Morgan fingerprint density at radius 3 is 2.82 bits per heavy atom. The molecule has 2 aromatic heterocycles. The zero-order chi connectivity index (χ0) is 20.1. The van der Waals surface area contributed by atoms with Crippen molar-refractivity contribution in [3.63, 3.8) is 0 Å². The van der Waals surface area contributed by atoms with Crippen LogP contribution in [0.5, 0.6) is 0 Å². The van der Waals surface area contributed by atoms with Gasteiger partial charge in [0, 0.05) is 23.2 Å². The third-order valence-electron chi connectivity index (χ3n) is 4.64. The molecule has 3 rings (SSSR count). The van der Waals surface area contributed by atoms with Crippen molar-refractivity contribution in [1.82, 2.24) is 14.5 Å². The van der Waals surface area contributed by atoms with Gasteiger partial charge < -0.3 is 15.0 Å². The number of benzene rings is 1. The molecule has 0 saturated heterocycles. The molecule has 0 fully saturated rings. The van der Waals surface area contributed by atoms with E-state index in [4.69, 9.17) is 33.7 Å². The van der Waals surface area contributed by atoms with Crippen LogP contribution in [0.1, 0.15) is 30.9 Å². The minimum atomic E-state index is 0.208. The minimum Gasteiger partial charge on any atom is -0.383 e. The Bertz CT molecular complexity index is 947. The number of imidazole rings is 1. The Balaban J connectivity index is 1.60. The number of thioether (sulfide) groups is 1. The molecule has 0 aliphatic heterocycles. The number of rotatable bonds is 9. The highest BCUT2D eigenvalue weighted by Gasteiger charge is 2.17. The van der Waals surface area contributed by atoms with Gasteiger partial charge in [0.1, 0.15) is 5.52 Å². The molecule has 0 spiro atoms. The van der Waals surface area contributed by atoms with Crippen molar-refractivity contribution in [1.29, 1.82) is 0 Å². The maximum absolute atomic E-state index is 6.24. The number of nitrogens with zero attached hydrogens (tertiary/aromatic N) is 3. The SMILES string of the molecule is COCC(CCCCSc1ccc(Cl)cc1Cl)n1cnc2c(N)ncc(C)c21. The van der Waals surface area contributed by atoms with Crippen molar-refractivity contribution in [3.8, 4) is 0 Å². The molecule has 5 nitrogen and oxygen atoms in total. The molecule has 1 unspecified atom stereocenters. The summed E-state index contributed by atoms with van der Waals surface area (Å²) in [6.07, 6.45) is 6.80. The average Bonchev–Trinajstić information content (AvgIpc) is 3.11. The molecule has 2 heterocycles. The number of nitrogens with two attached hydrogens (primary N) is 1. The van der Waals surface area contributed by atoms with E-state index in [9.17, 15) is 0 Å². The highest BCUT2D eigenvalue weighted by Crippen LogP contribution is 2.31. The van der Waals surface area contributed by atoms with Gasteiger partial charge in [-0.15, -0.1) is 11.8 Å². The summed E-state index contributed by atoms with van der Waals surface area (Å²) in [6, 6.07) is 5.84. The van der Waals surface area contributed by atoms with E-state index >= 15 is 0 Å². The number of unbranched alkanes of at least 4 members (excludes halogenated alkanes) is 1. The molecular weight excluding hydrogens is 415 g/mol. The number of halogens is 2. The highest BCUT2D eigenvalue weighted by atomic mass is 35.5. The second kappa shape index (κ2) is 9.83. The first-order valence-corrected chi connectivity index (χ1v) is 10.9. The van der Waals surface area contributed by atoms with Crippen LogP contribution >= 0.6 is 35.0 Å². The Morgan fingerprint density at radius 1 is 1.25 bits per heavy atom. The van der Waals surface area contributed by atoms with E-state index in [-0.39, 0.29) is 6.04 Å². The number of anilines is 1. The molecule has 2 N–H and O–H groups in total. The van der Waals surface area contributed by atoms with Crippen molar-refractivity contribution >= 4 is 51.8 Å². The van der Waals surface area contributed by atoms with E-state index < -0.39 is 0 Å². The summed E-state index contributed by atoms with van der Waals surface area (Å²) in [7, 11) is 1.73. The van der Waals surface area contributed by atoms with Gasteiger partial charge in [0.2, 0.25) is 0 Å². The summed E-state index contributed by atoms with van der Waals surface area (Å²) in [4.78, 5) is 9.74. The molecule has 0 saturated carbocycles. The molecule has 150 valence electrons. The van der Waals surface area contributed by atoms with Crippen LogP contribution in [-0.4, -0.2) is 34.0 Å². The second-order valence-electron chi connectivity index (χ2n) is 6.70. The lowest BCUT2D eigenvalue weighted by atomic mass is 10.1. The van der Waals surface area contributed by atoms with E-state index in [2.05, 4.69) is 14.5 Å². The Kier molecular flexibility index (Phi) is 7.46. The number of methoxy groups -OCH3 is 1. The molecule has 0 bridgehead atoms. The normalized spacial score (nSPS) is 12.6. The lowest BCUT2D eigenvalue weighted by molar-refractivity contribution is 0.151. The fourth-order valence-electron chi connectivity index (χ4n) is 3.26. The van der Waals surface area contributed by atoms with Gasteiger partial charge >= 0.3 is 0 Å². The lowest BCUT2D eigenvalue weighted by Gasteiger charge is -2.19. The molecule has 1 aromatic carbocycles. The molecule has 0 amide bonds. The number of aryl methyl sites for hydroxylation is 1. The van der Waals surface area contributed by atoms with E-state index in [0.29, 0.717) is 22.5 Å². The maximum atomic E-state index is 6.24. The number of hydrogen-bond acceptors (Lipinski definition) is 5. The van der Waals surface area contributed by atoms with Gasteiger partial charge in [0.05, 0.1) is 29.5 Å². The predicted octanol–water partition coefficient (Wildman–Crippen LogP) is 5.78. The summed E-state index contributed by atoms with van der Waals surface area (Å²) in [5.74, 6) is 1.47.